The van der Waals surface area contributed by atoms with E-state index in [9.17, 15) is 4.79 Å². The Labute approximate surface area is 101 Å². The molecule has 0 heterocycles. The normalized spacial score (nSPS) is 11.9. The van der Waals surface area contributed by atoms with E-state index in [2.05, 4.69) is 5.32 Å². The van der Waals surface area contributed by atoms with Gasteiger partial charge in [-0.05, 0) is 18.1 Å². The first kappa shape index (κ1) is 12.8. The lowest BCUT2D eigenvalue weighted by atomic mass is 10.2. The van der Waals surface area contributed by atoms with E-state index in [1.54, 1.807) is 0 Å². The van der Waals surface area contributed by atoms with Crippen molar-refractivity contribution in [1.29, 1.82) is 0 Å². The van der Waals surface area contributed by atoms with Gasteiger partial charge >= 0.3 is 0 Å². The molecule has 88 valence electrons. The molecule has 0 saturated carbocycles. The van der Waals surface area contributed by atoms with Crippen LogP contribution in [0.3, 0.4) is 0 Å². The van der Waals surface area contributed by atoms with Crippen LogP contribution < -0.4 is 10.1 Å². The van der Waals surface area contributed by atoms with Gasteiger partial charge in [-0.1, -0.05) is 25.1 Å². The molecule has 0 aliphatic carbocycles. The fourth-order valence-corrected chi connectivity index (χ4v) is 1.17. The summed E-state index contributed by atoms with van der Waals surface area (Å²) >= 11 is 5.63. The van der Waals surface area contributed by atoms with Gasteiger partial charge in [-0.15, -0.1) is 11.6 Å². The van der Waals surface area contributed by atoms with Crippen LogP contribution in [0.5, 0.6) is 5.75 Å². The maximum Gasteiger partial charge on any atom is 0.257 e. The van der Waals surface area contributed by atoms with Gasteiger partial charge in [-0.25, -0.2) is 0 Å². The van der Waals surface area contributed by atoms with Gasteiger partial charge in [0.25, 0.3) is 5.91 Å². The number of ether oxygens (including phenoxy) is 1. The van der Waals surface area contributed by atoms with E-state index < -0.39 is 0 Å². The van der Waals surface area contributed by atoms with Gasteiger partial charge in [-0.3, -0.25) is 4.79 Å². The summed E-state index contributed by atoms with van der Waals surface area (Å²) in [5, 5.41) is 2.76. The van der Waals surface area contributed by atoms with E-state index >= 15 is 0 Å². The number of alkyl halides is 1. The largest absolute Gasteiger partial charge is 0.484 e. The molecule has 0 fully saturated rings. The molecule has 0 aliphatic rings. The first-order valence-corrected chi connectivity index (χ1v) is 5.76. The number of nitrogens with one attached hydrogen (secondary N) is 1. The molecule has 16 heavy (non-hydrogen) atoms. The highest BCUT2D eigenvalue weighted by Gasteiger charge is 2.04. The molecule has 3 nitrogen and oxygen atoms in total. The fourth-order valence-electron chi connectivity index (χ4n) is 1.06. The summed E-state index contributed by atoms with van der Waals surface area (Å²) in [6.45, 7) is 2.60. The molecule has 1 rings (SSSR count). The Balaban J connectivity index is 2.20. The number of rotatable bonds is 6. The van der Waals surface area contributed by atoms with Crippen molar-refractivity contribution in [2.75, 3.05) is 19.0 Å². The Hall–Kier alpha value is -1.22. The fraction of sp³-hybridized carbons (Fsp3) is 0.417. The average molecular weight is 242 g/mol. The summed E-state index contributed by atoms with van der Waals surface area (Å²) in [6, 6.07) is 9.25. The second kappa shape index (κ2) is 7.12. The maximum absolute atomic E-state index is 11.4. The van der Waals surface area contributed by atoms with Crippen LogP contribution >= 0.6 is 11.6 Å². The van der Waals surface area contributed by atoms with Gasteiger partial charge in [0.15, 0.2) is 6.61 Å². The second-order valence-corrected chi connectivity index (χ2v) is 3.97. The quantitative estimate of drug-likeness (QED) is 0.775. The highest BCUT2D eigenvalue weighted by Crippen LogP contribution is 2.07. The number of carbonyl (C=O) groups is 1. The van der Waals surface area contributed by atoms with E-state index in [4.69, 9.17) is 16.3 Å². The molecule has 1 aromatic carbocycles. The zero-order chi connectivity index (χ0) is 11.8. The van der Waals surface area contributed by atoms with Crippen LogP contribution in [-0.2, 0) is 4.79 Å². The third-order valence-electron chi connectivity index (χ3n) is 2.02. The summed E-state index contributed by atoms with van der Waals surface area (Å²) in [7, 11) is 0. The number of benzene rings is 1. The van der Waals surface area contributed by atoms with E-state index in [-0.39, 0.29) is 18.4 Å². The zero-order valence-corrected chi connectivity index (χ0v) is 10.0. The molecule has 4 heteroatoms. The van der Waals surface area contributed by atoms with Crippen molar-refractivity contribution in [3.8, 4) is 5.75 Å². The van der Waals surface area contributed by atoms with Crippen LogP contribution in [0.1, 0.15) is 6.92 Å². The Kier molecular flexibility index (Phi) is 5.72. The Morgan fingerprint density at radius 1 is 1.44 bits per heavy atom. The molecule has 1 unspecified atom stereocenters. The number of hydrogen-bond acceptors (Lipinski definition) is 2. The molecule has 1 amide bonds. The van der Waals surface area contributed by atoms with Crippen molar-refractivity contribution in [3.63, 3.8) is 0 Å². The number of amides is 1. The molecule has 1 aromatic rings. The molecule has 0 aromatic heterocycles. The van der Waals surface area contributed by atoms with Crippen molar-refractivity contribution < 1.29 is 9.53 Å². The second-order valence-electron chi connectivity index (χ2n) is 3.67. The highest BCUT2D eigenvalue weighted by atomic mass is 35.5. The summed E-state index contributed by atoms with van der Waals surface area (Å²) in [4.78, 5) is 11.4. The molecular weight excluding hydrogens is 226 g/mol. The van der Waals surface area contributed by atoms with E-state index in [0.29, 0.717) is 18.2 Å². The van der Waals surface area contributed by atoms with Crippen molar-refractivity contribution >= 4 is 17.5 Å². The molecule has 0 spiro atoms. The summed E-state index contributed by atoms with van der Waals surface area (Å²) in [5.41, 5.74) is 0. The SMILES string of the molecule is CC(CCl)CNC(=O)COc1ccccc1. The number of para-hydroxylation sites is 1. The third kappa shape index (κ3) is 5.03. The third-order valence-corrected chi connectivity index (χ3v) is 2.55. The molecule has 0 bridgehead atoms. The standard InChI is InChI=1S/C12H16ClNO2/c1-10(7-13)8-14-12(15)9-16-11-5-3-2-4-6-11/h2-6,10H,7-9H2,1H3,(H,14,15). The van der Waals surface area contributed by atoms with Gasteiger partial charge in [0.1, 0.15) is 5.75 Å². The van der Waals surface area contributed by atoms with Gasteiger partial charge in [0.05, 0.1) is 0 Å². The summed E-state index contributed by atoms with van der Waals surface area (Å²) in [6.07, 6.45) is 0. The average Bonchev–Trinajstić information content (AvgIpc) is 2.34. The lowest BCUT2D eigenvalue weighted by molar-refractivity contribution is -0.123. The number of hydrogen-bond donors (Lipinski definition) is 1. The Morgan fingerprint density at radius 2 is 2.12 bits per heavy atom. The number of halogens is 1. The van der Waals surface area contributed by atoms with Crippen LogP contribution in [0.25, 0.3) is 0 Å². The molecule has 0 aliphatic heterocycles. The van der Waals surface area contributed by atoms with Crippen LogP contribution in [0.2, 0.25) is 0 Å². The van der Waals surface area contributed by atoms with E-state index in [0.717, 1.165) is 0 Å². The minimum absolute atomic E-state index is 0.0407. The van der Waals surface area contributed by atoms with E-state index in [1.165, 1.54) is 0 Å². The van der Waals surface area contributed by atoms with Crippen molar-refractivity contribution in [2.45, 2.75) is 6.92 Å². The topological polar surface area (TPSA) is 38.3 Å². The minimum atomic E-state index is -0.124. The lowest BCUT2D eigenvalue weighted by Crippen LogP contribution is -2.32. The van der Waals surface area contributed by atoms with Gasteiger partial charge in [0, 0.05) is 12.4 Å². The van der Waals surface area contributed by atoms with Crippen molar-refractivity contribution in [3.05, 3.63) is 30.3 Å². The molecular formula is C12H16ClNO2. The Bertz CT molecular complexity index is 316. The predicted octanol–water partition coefficient (Wildman–Crippen LogP) is 2.06. The van der Waals surface area contributed by atoms with Gasteiger partial charge in [0.2, 0.25) is 0 Å². The highest BCUT2D eigenvalue weighted by molar-refractivity contribution is 6.18. The number of carbonyl (C=O) groups excluding carboxylic acids is 1. The van der Waals surface area contributed by atoms with E-state index in [1.807, 2.05) is 37.3 Å². The van der Waals surface area contributed by atoms with Gasteiger partial charge < -0.3 is 10.1 Å². The first-order chi connectivity index (χ1) is 7.72. The van der Waals surface area contributed by atoms with Crippen molar-refractivity contribution in [2.24, 2.45) is 5.92 Å². The molecule has 1 atom stereocenters. The maximum atomic E-state index is 11.4. The van der Waals surface area contributed by atoms with Crippen molar-refractivity contribution in [1.82, 2.24) is 5.32 Å². The van der Waals surface area contributed by atoms with Crippen LogP contribution in [0.15, 0.2) is 30.3 Å². The minimum Gasteiger partial charge on any atom is -0.484 e. The zero-order valence-electron chi connectivity index (χ0n) is 9.28. The van der Waals surface area contributed by atoms with Gasteiger partial charge in [-0.2, -0.15) is 0 Å². The summed E-state index contributed by atoms with van der Waals surface area (Å²) < 4.78 is 5.29. The lowest BCUT2D eigenvalue weighted by Gasteiger charge is -2.10. The molecule has 1 N–H and O–H groups in total. The van der Waals surface area contributed by atoms with Crippen LogP contribution in [0, 0.1) is 5.92 Å². The molecule has 0 radical (unpaired) electrons. The predicted molar refractivity (Wildman–Crippen MR) is 64.8 cm³/mol. The first-order valence-electron chi connectivity index (χ1n) is 5.23. The van der Waals surface area contributed by atoms with Crippen LogP contribution in [0.4, 0.5) is 0 Å². The monoisotopic (exact) mass is 241 g/mol. The summed E-state index contributed by atoms with van der Waals surface area (Å²) in [5.74, 6) is 1.39. The van der Waals surface area contributed by atoms with Crippen LogP contribution in [-0.4, -0.2) is 24.9 Å². The molecule has 0 saturated heterocycles. The Morgan fingerprint density at radius 3 is 2.75 bits per heavy atom. The smallest absolute Gasteiger partial charge is 0.257 e.